The Morgan fingerprint density at radius 3 is 2.46 bits per heavy atom. The monoisotopic (exact) mass is 334 g/mol. The number of aliphatic imine (C=N–C) groups is 1. The van der Waals surface area contributed by atoms with E-state index in [4.69, 9.17) is 4.99 Å². The number of carbonyl (C=O) groups is 2. The van der Waals surface area contributed by atoms with E-state index in [0.717, 1.165) is 51.3 Å². The van der Waals surface area contributed by atoms with Crippen LogP contribution in [0.2, 0.25) is 0 Å². The molecule has 0 bridgehead atoms. The first-order chi connectivity index (χ1) is 11.6. The first kappa shape index (κ1) is 16.9. The SMILES string of the molecule is CCCCCCN1C(=[N+]2CCCC2)N=C2C1C(=O)N(C)C(=O)N2C. The topological polar surface area (TPSA) is 59.2 Å². The maximum atomic E-state index is 12.7. The molecule has 1 atom stereocenters. The van der Waals surface area contributed by atoms with Crippen LogP contribution in [0.3, 0.4) is 0 Å². The van der Waals surface area contributed by atoms with Crippen LogP contribution in [-0.2, 0) is 4.79 Å². The number of rotatable bonds is 5. The number of amides is 3. The summed E-state index contributed by atoms with van der Waals surface area (Å²) in [5.74, 6) is 1.30. The molecule has 0 radical (unpaired) electrons. The summed E-state index contributed by atoms with van der Waals surface area (Å²) in [5, 5.41) is 0. The minimum Gasteiger partial charge on any atom is -0.270 e. The van der Waals surface area contributed by atoms with Gasteiger partial charge in [-0.3, -0.25) is 19.2 Å². The lowest BCUT2D eigenvalue weighted by atomic mass is 10.1. The second-order valence-electron chi connectivity index (χ2n) is 6.86. The number of nitrogens with zero attached hydrogens (tertiary/aromatic N) is 5. The zero-order chi connectivity index (χ0) is 17.3. The molecule has 1 unspecified atom stereocenters. The summed E-state index contributed by atoms with van der Waals surface area (Å²) in [6.07, 6.45) is 6.90. The summed E-state index contributed by atoms with van der Waals surface area (Å²) in [6.45, 7) is 4.96. The lowest BCUT2D eigenvalue weighted by Crippen LogP contribution is -2.62. The van der Waals surface area contributed by atoms with Gasteiger partial charge in [0.15, 0.2) is 0 Å². The van der Waals surface area contributed by atoms with Crippen molar-refractivity contribution in [3.63, 3.8) is 0 Å². The second-order valence-corrected chi connectivity index (χ2v) is 6.86. The van der Waals surface area contributed by atoms with Gasteiger partial charge in [0.05, 0.1) is 19.6 Å². The Labute approximate surface area is 143 Å². The Morgan fingerprint density at radius 2 is 1.79 bits per heavy atom. The maximum Gasteiger partial charge on any atom is 0.392 e. The van der Waals surface area contributed by atoms with Crippen molar-refractivity contribution in [2.45, 2.75) is 51.5 Å². The van der Waals surface area contributed by atoms with Crippen LogP contribution in [0.15, 0.2) is 4.99 Å². The number of guanidine groups is 1. The number of fused-ring (bicyclic) bond motifs is 1. The van der Waals surface area contributed by atoms with E-state index in [-0.39, 0.29) is 11.9 Å². The zero-order valence-electron chi connectivity index (χ0n) is 15.0. The minimum absolute atomic E-state index is 0.165. The molecule has 0 aromatic carbocycles. The average molecular weight is 334 g/mol. The Bertz CT molecular complexity index is 590. The largest absolute Gasteiger partial charge is 0.392 e. The average Bonchev–Trinajstić information content (AvgIpc) is 3.22. The molecule has 2 saturated heterocycles. The molecule has 3 heterocycles. The molecule has 0 N–H and O–H groups in total. The zero-order valence-corrected chi connectivity index (χ0v) is 15.0. The van der Waals surface area contributed by atoms with Crippen LogP contribution in [0.4, 0.5) is 4.79 Å². The Balaban J connectivity index is 1.90. The highest BCUT2D eigenvalue weighted by molar-refractivity contribution is 6.25. The van der Waals surface area contributed by atoms with Crippen molar-refractivity contribution in [2.75, 3.05) is 33.7 Å². The number of carbonyl (C=O) groups excluding carboxylic acids is 2. The van der Waals surface area contributed by atoms with Crippen molar-refractivity contribution in [3.05, 3.63) is 0 Å². The van der Waals surface area contributed by atoms with Crippen molar-refractivity contribution < 1.29 is 14.2 Å². The van der Waals surface area contributed by atoms with Gasteiger partial charge in [-0.1, -0.05) is 31.2 Å². The van der Waals surface area contributed by atoms with Crippen LogP contribution in [0.5, 0.6) is 0 Å². The van der Waals surface area contributed by atoms with E-state index in [1.807, 2.05) is 0 Å². The summed E-state index contributed by atoms with van der Waals surface area (Å²) < 4.78 is 2.26. The predicted octanol–water partition coefficient (Wildman–Crippen LogP) is 1.34. The molecular weight excluding hydrogens is 306 g/mol. The van der Waals surface area contributed by atoms with Crippen LogP contribution in [0.25, 0.3) is 0 Å². The van der Waals surface area contributed by atoms with Crippen molar-refractivity contribution in [2.24, 2.45) is 4.99 Å². The van der Waals surface area contributed by atoms with Crippen molar-refractivity contribution in [3.8, 4) is 0 Å². The third-order valence-electron chi connectivity index (χ3n) is 5.15. The van der Waals surface area contributed by atoms with Gasteiger partial charge in [-0.15, -0.1) is 0 Å². The highest BCUT2D eigenvalue weighted by Gasteiger charge is 2.55. The Hall–Kier alpha value is -1.92. The van der Waals surface area contributed by atoms with Crippen LogP contribution in [0, 0.1) is 0 Å². The van der Waals surface area contributed by atoms with E-state index in [9.17, 15) is 9.59 Å². The van der Waals surface area contributed by atoms with Gasteiger partial charge in [0, 0.05) is 14.1 Å². The van der Waals surface area contributed by atoms with Gasteiger partial charge in [-0.05, 0) is 19.3 Å². The molecule has 0 aliphatic carbocycles. The smallest absolute Gasteiger partial charge is 0.270 e. The van der Waals surface area contributed by atoms with Crippen LogP contribution in [0.1, 0.15) is 45.4 Å². The number of hydrogen-bond donors (Lipinski definition) is 0. The summed E-state index contributed by atoms with van der Waals surface area (Å²) in [4.78, 5) is 34.6. The van der Waals surface area contributed by atoms with Gasteiger partial charge in [0.25, 0.3) is 5.91 Å². The molecule has 2 fully saturated rings. The quantitative estimate of drug-likeness (QED) is 0.563. The number of urea groups is 1. The van der Waals surface area contributed by atoms with Crippen LogP contribution >= 0.6 is 0 Å². The molecule has 3 amide bonds. The van der Waals surface area contributed by atoms with E-state index in [1.165, 1.54) is 22.6 Å². The molecule has 7 nitrogen and oxygen atoms in total. The highest BCUT2D eigenvalue weighted by Crippen LogP contribution is 2.24. The molecule has 7 heteroatoms. The van der Waals surface area contributed by atoms with Crippen LogP contribution < -0.4 is 0 Å². The summed E-state index contributed by atoms with van der Waals surface area (Å²) >= 11 is 0. The van der Waals surface area contributed by atoms with Gasteiger partial charge in [-0.25, -0.2) is 9.69 Å². The third kappa shape index (κ3) is 2.80. The van der Waals surface area contributed by atoms with Crippen molar-refractivity contribution in [1.82, 2.24) is 14.7 Å². The number of likely N-dealkylation sites (N-methyl/N-ethyl adjacent to an activating group) is 2. The fourth-order valence-electron chi connectivity index (χ4n) is 3.69. The lowest BCUT2D eigenvalue weighted by molar-refractivity contribution is -0.511. The number of amidine groups is 1. The molecule has 24 heavy (non-hydrogen) atoms. The summed E-state index contributed by atoms with van der Waals surface area (Å²) in [6, 6.07) is -0.751. The van der Waals surface area contributed by atoms with Crippen molar-refractivity contribution >= 4 is 23.7 Å². The van der Waals surface area contributed by atoms with Gasteiger partial charge in [0.2, 0.25) is 11.9 Å². The Kier molecular flexibility index (Phi) is 4.87. The van der Waals surface area contributed by atoms with E-state index >= 15 is 0 Å². The number of unbranched alkanes of at least 4 members (excludes halogenated alkanes) is 3. The number of imide groups is 1. The molecule has 3 rings (SSSR count). The first-order valence-corrected chi connectivity index (χ1v) is 9.08. The standard InChI is InChI=1S/C17H28N5O2/c1-4-5-6-7-12-22-13-14(18-16(22)21-10-8-9-11-21)19(2)17(24)20(3)15(13)23/h13H,4-12H2,1-3H3/q+1. The molecule has 132 valence electrons. The summed E-state index contributed by atoms with van der Waals surface area (Å²) in [5.41, 5.74) is 0. The van der Waals surface area contributed by atoms with Crippen molar-refractivity contribution in [1.29, 1.82) is 0 Å². The normalized spacial score (nSPS) is 24.2. The molecule has 0 aromatic heterocycles. The molecule has 0 aromatic rings. The molecule has 0 spiro atoms. The highest BCUT2D eigenvalue weighted by atomic mass is 16.2. The summed E-state index contributed by atoms with van der Waals surface area (Å²) in [7, 11) is 3.26. The maximum absolute atomic E-state index is 12.7. The van der Waals surface area contributed by atoms with E-state index in [1.54, 1.807) is 14.1 Å². The third-order valence-corrected chi connectivity index (χ3v) is 5.15. The second kappa shape index (κ2) is 6.91. The fraction of sp³-hybridized carbons (Fsp3) is 0.765. The van der Waals surface area contributed by atoms with Gasteiger partial charge >= 0.3 is 12.0 Å². The van der Waals surface area contributed by atoms with Gasteiger partial charge < -0.3 is 0 Å². The van der Waals surface area contributed by atoms with Gasteiger partial charge in [-0.2, -0.15) is 0 Å². The minimum atomic E-state index is -0.449. The van der Waals surface area contributed by atoms with Gasteiger partial charge in [0.1, 0.15) is 0 Å². The molecular formula is C17H28N5O2+. The molecule has 3 aliphatic heterocycles. The predicted molar refractivity (Wildman–Crippen MR) is 92.2 cm³/mol. The number of hydrogen-bond acceptors (Lipinski definition) is 2. The lowest BCUT2D eigenvalue weighted by Gasteiger charge is -2.33. The van der Waals surface area contributed by atoms with E-state index < -0.39 is 6.04 Å². The van der Waals surface area contributed by atoms with Crippen LogP contribution in [-0.4, -0.2) is 82.8 Å². The van der Waals surface area contributed by atoms with E-state index in [0.29, 0.717) is 5.84 Å². The Morgan fingerprint density at radius 1 is 1.08 bits per heavy atom. The molecule has 0 saturated carbocycles. The molecule has 3 aliphatic rings. The fourth-order valence-corrected chi connectivity index (χ4v) is 3.69. The van der Waals surface area contributed by atoms with E-state index in [2.05, 4.69) is 16.4 Å². The first-order valence-electron chi connectivity index (χ1n) is 9.08.